The molecule has 0 unspecified atom stereocenters. The lowest BCUT2D eigenvalue weighted by Gasteiger charge is -2.07. The molecular formula is C13H20N2O2. The van der Waals surface area contributed by atoms with Crippen LogP contribution in [0.15, 0.2) is 30.3 Å². The average molecular weight is 236 g/mol. The Labute approximate surface area is 102 Å². The van der Waals surface area contributed by atoms with Gasteiger partial charge in [0.25, 0.3) is 5.91 Å². The summed E-state index contributed by atoms with van der Waals surface area (Å²) in [4.78, 5) is 11.4. The molecule has 0 saturated heterocycles. The lowest BCUT2D eigenvalue weighted by Crippen LogP contribution is -2.29. The first kappa shape index (κ1) is 13.5. The predicted octanol–water partition coefficient (Wildman–Crippen LogP) is 1.31. The number of ether oxygens (including phenoxy) is 1. The number of carbonyl (C=O) groups excluding carboxylic acids is 1. The first-order valence-corrected chi connectivity index (χ1v) is 5.97. The molecule has 0 heterocycles. The molecule has 1 aromatic rings. The third kappa shape index (κ3) is 6.58. The first-order valence-electron chi connectivity index (χ1n) is 5.97. The van der Waals surface area contributed by atoms with Crippen molar-refractivity contribution in [1.29, 1.82) is 0 Å². The summed E-state index contributed by atoms with van der Waals surface area (Å²) in [5.41, 5.74) is 5.38. The number of para-hydroxylation sites is 1. The lowest BCUT2D eigenvalue weighted by molar-refractivity contribution is -0.123. The van der Waals surface area contributed by atoms with Gasteiger partial charge in [-0.1, -0.05) is 24.6 Å². The van der Waals surface area contributed by atoms with Crippen LogP contribution in [0.3, 0.4) is 0 Å². The van der Waals surface area contributed by atoms with E-state index in [0.717, 1.165) is 19.3 Å². The molecule has 94 valence electrons. The van der Waals surface area contributed by atoms with Crippen LogP contribution in [0.5, 0.6) is 5.75 Å². The zero-order valence-corrected chi connectivity index (χ0v) is 10.0. The van der Waals surface area contributed by atoms with Gasteiger partial charge in [0.05, 0.1) is 0 Å². The van der Waals surface area contributed by atoms with Crippen molar-refractivity contribution in [3.05, 3.63) is 30.3 Å². The van der Waals surface area contributed by atoms with E-state index in [-0.39, 0.29) is 12.5 Å². The fourth-order valence-corrected chi connectivity index (χ4v) is 1.39. The van der Waals surface area contributed by atoms with E-state index in [9.17, 15) is 4.79 Å². The molecule has 0 bridgehead atoms. The summed E-state index contributed by atoms with van der Waals surface area (Å²) in [5.74, 6) is 0.632. The van der Waals surface area contributed by atoms with E-state index in [1.165, 1.54) is 0 Å². The number of unbranched alkanes of at least 4 members (excludes halogenated alkanes) is 2. The molecule has 0 fully saturated rings. The van der Waals surface area contributed by atoms with E-state index in [4.69, 9.17) is 10.5 Å². The van der Waals surface area contributed by atoms with Gasteiger partial charge in [-0.3, -0.25) is 4.79 Å². The van der Waals surface area contributed by atoms with E-state index in [1.807, 2.05) is 30.3 Å². The highest BCUT2D eigenvalue weighted by atomic mass is 16.5. The SMILES string of the molecule is NCCCCCNC(=O)COc1ccccc1. The van der Waals surface area contributed by atoms with Gasteiger partial charge in [-0.25, -0.2) is 0 Å². The van der Waals surface area contributed by atoms with Crippen molar-refractivity contribution in [1.82, 2.24) is 5.32 Å². The maximum Gasteiger partial charge on any atom is 0.257 e. The Morgan fingerprint density at radius 1 is 1.18 bits per heavy atom. The molecular weight excluding hydrogens is 216 g/mol. The Hall–Kier alpha value is -1.55. The van der Waals surface area contributed by atoms with Gasteiger partial charge >= 0.3 is 0 Å². The van der Waals surface area contributed by atoms with Crippen molar-refractivity contribution < 1.29 is 9.53 Å². The van der Waals surface area contributed by atoms with Crippen LogP contribution in [0.2, 0.25) is 0 Å². The minimum atomic E-state index is -0.0819. The third-order valence-electron chi connectivity index (χ3n) is 2.32. The minimum absolute atomic E-state index is 0.0703. The highest BCUT2D eigenvalue weighted by Crippen LogP contribution is 2.07. The largest absolute Gasteiger partial charge is 0.484 e. The molecule has 0 atom stereocenters. The second-order valence-electron chi connectivity index (χ2n) is 3.80. The van der Waals surface area contributed by atoms with Crippen molar-refractivity contribution in [2.24, 2.45) is 5.73 Å². The van der Waals surface area contributed by atoms with E-state index in [1.54, 1.807) is 0 Å². The second kappa shape index (κ2) is 8.58. The van der Waals surface area contributed by atoms with E-state index >= 15 is 0 Å². The molecule has 4 heteroatoms. The molecule has 0 saturated carbocycles. The normalized spacial score (nSPS) is 9.94. The molecule has 1 aromatic carbocycles. The summed E-state index contributed by atoms with van der Waals surface area (Å²) in [7, 11) is 0. The zero-order chi connectivity index (χ0) is 12.3. The Kier molecular flexibility index (Phi) is 6.82. The number of rotatable bonds is 8. The molecule has 0 aliphatic carbocycles. The number of hydrogen-bond donors (Lipinski definition) is 2. The Morgan fingerprint density at radius 3 is 2.65 bits per heavy atom. The van der Waals surface area contributed by atoms with Crippen LogP contribution >= 0.6 is 0 Å². The molecule has 17 heavy (non-hydrogen) atoms. The van der Waals surface area contributed by atoms with E-state index in [0.29, 0.717) is 18.8 Å². The third-order valence-corrected chi connectivity index (χ3v) is 2.32. The standard InChI is InChI=1S/C13H20N2O2/c14-9-5-2-6-10-15-13(16)11-17-12-7-3-1-4-8-12/h1,3-4,7-8H,2,5-6,9-11,14H2,(H,15,16). The molecule has 0 aromatic heterocycles. The van der Waals surface area contributed by atoms with Crippen molar-refractivity contribution in [3.63, 3.8) is 0 Å². The number of nitrogens with two attached hydrogens (primary N) is 1. The topological polar surface area (TPSA) is 64.3 Å². The molecule has 4 nitrogen and oxygen atoms in total. The summed E-state index contributed by atoms with van der Waals surface area (Å²) in [6.07, 6.45) is 3.03. The highest BCUT2D eigenvalue weighted by Gasteiger charge is 2.01. The quantitative estimate of drug-likeness (QED) is 0.669. The fraction of sp³-hybridized carbons (Fsp3) is 0.462. The molecule has 0 spiro atoms. The number of benzene rings is 1. The monoisotopic (exact) mass is 236 g/mol. The number of amides is 1. The number of nitrogens with one attached hydrogen (secondary N) is 1. The Balaban J connectivity index is 2.05. The maximum absolute atomic E-state index is 11.4. The van der Waals surface area contributed by atoms with Crippen LogP contribution in [-0.4, -0.2) is 25.6 Å². The summed E-state index contributed by atoms with van der Waals surface area (Å²) < 4.78 is 5.31. The molecule has 0 radical (unpaired) electrons. The lowest BCUT2D eigenvalue weighted by atomic mass is 10.2. The van der Waals surface area contributed by atoms with Crippen LogP contribution in [-0.2, 0) is 4.79 Å². The molecule has 1 rings (SSSR count). The highest BCUT2D eigenvalue weighted by molar-refractivity contribution is 5.77. The van der Waals surface area contributed by atoms with Gasteiger partial charge in [-0.15, -0.1) is 0 Å². The van der Waals surface area contributed by atoms with Gasteiger partial charge in [0.1, 0.15) is 5.75 Å². The van der Waals surface area contributed by atoms with Gasteiger partial charge in [-0.05, 0) is 31.5 Å². The molecule has 3 N–H and O–H groups in total. The van der Waals surface area contributed by atoms with E-state index in [2.05, 4.69) is 5.32 Å². The van der Waals surface area contributed by atoms with Gasteiger partial charge in [0.15, 0.2) is 6.61 Å². The maximum atomic E-state index is 11.4. The summed E-state index contributed by atoms with van der Waals surface area (Å²) in [5, 5.41) is 2.81. The van der Waals surface area contributed by atoms with Crippen molar-refractivity contribution in [3.8, 4) is 5.75 Å². The Morgan fingerprint density at radius 2 is 1.94 bits per heavy atom. The van der Waals surface area contributed by atoms with Crippen molar-refractivity contribution in [2.75, 3.05) is 19.7 Å². The predicted molar refractivity (Wildman–Crippen MR) is 67.9 cm³/mol. The minimum Gasteiger partial charge on any atom is -0.484 e. The zero-order valence-electron chi connectivity index (χ0n) is 10.0. The van der Waals surface area contributed by atoms with Crippen LogP contribution in [0.25, 0.3) is 0 Å². The fourth-order valence-electron chi connectivity index (χ4n) is 1.39. The van der Waals surface area contributed by atoms with Gasteiger partial charge in [-0.2, -0.15) is 0 Å². The second-order valence-corrected chi connectivity index (χ2v) is 3.80. The van der Waals surface area contributed by atoms with Crippen LogP contribution in [0, 0.1) is 0 Å². The van der Waals surface area contributed by atoms with Gasteiger partial charge in [0.2, 0.25) is 0 Å². The van der Waals surface area contributed by atoms with Gasteiger partial charge < -0.3 is 15.8 Å². The van der Waals surface area contributed by atoms with Crippen molar-refractivity contribution in [2.45, 2.75) is 19.3 Å². The van der Waals surface area contributed by atoms with Crippen molar-refractivity contribution >= 4 is 5.91 Å². The van der Waals surface area contributed by atoms with Crippen LogP contribution in [0.1, 0.15) is 19.3 Å². The first-order chi connectivity index (χ1) is 8.33. The smallest absolute Gasteiger partial charge is 0.257 e. The van der Waals surface area contributed by atoms with Gasteiger partial charge in [0, 0.05) is 6.54 Å². The number of hydrogen-bond acceptors (Lipinski definition) is 3. The molecule has 0 aliphatic heterocycles. The van der Waals surface area contributed by atoms with Crippen LogP contribution in [0.4, 0.5) is 0 Å². The Bertz CT molecular complexity index is 314. The van der Waals surface area contributed by atoms with E-state index < -0.39 is 0 Å². The summed E-state index contributed by atoms with van der Waals surface area (Å²) in [6, 6.07) is 9.31. The molecule has 1 amide bonds. The number of carbonyl (C=O) groups is 1. The average Bonchev–Trinajstić information content (AvgIpc) is 2.37. The molecule has 0 aliphatic rings. The summed E-state index contributed by atoms with van der Waals surface area (Å²) in [6.45, 7) is 1.48. The summed E-state index contributed by atoms with van der Waals surface area (Å²) >= 11 is 0. The van der Waals surface area contributed by atoms with Crippen LogP contribution < -0.4 is 15.8 Å².